The van der Waals surface area contributed by atoms with Crippen LogP contribution in [0.5, 0.6) is 0 Å². The molecule has 0 saturated carbocycles. The van der Waals surface area contributed by atoms with E-state index in [9.17, 15) is 14.0 Å². The van der Waals surface area contributed by atoms with E-state index in [2.05, 4.69) is 4.37 Å². The predicted molar refractivity (Wildman–Crippen MR) is 145 cm³/mol. The van der Waals surface area contributed by atoms with Gasteiger partial charge >= 0.3 is 0 Å². The number of carbonyl (C=O) groups excluding carboxylic acids is 1. The number of aromatic nitrogens is 3. The van der Waals surface area contributed by atoms with Gasteiger partial charge in [-0.2, -0.15) is 4.37 Å². The summed E-state index contributed by atoms with van der Waals surface area (Å²) in [5.41, 5.74) is 8.63. The molecule has 0 radical (unpaired) electrons. The molecule has 4 rings (SSSR count). The minimum absolute atomic E-state index is 0.0648. The van der Waals surface area contributed by atoms with E-state index in [4.69, 9.17) is 10.7 Å². The topological polar surface area (TPSA) is 94.1 Å². The Morgan fingerprint density at radius 2 is 1.78 bits per heavy atom. The highest BCUT2D eigenvalue weighted by atomic mass is 32.1. The van der Waals surface area contributed by atoms with Crippen LogP contribution in [-0.2, 0) is 6.54 Å². The largest absolute Gasteiger partial charge is 0.330 e. The third kappa shape index (κ3) is 5.62. The molecule has 0 spiro atoms. The van der Waals surface area contributed by atoms with Gasteiger partial charge in [0.25, 0.3) is 11.5 Å². The van der Waals surface area contributed by atoms with Crippen LogP contribution in [0.15, 0.2) is 53.3 Å². The number of nitrogens with zero attached hydrogens (tertiary/aromatic N) is 4. The van der Waals surface area contributed by atoms with Gasteiger partial charge in [0.1, 0.15) is 11.6 Å². The van der Waals surface area contributed by atoms with Crippen LogP contribution in [0, 0.1) is 25.6 Å². The SMILES string of the molecule is Cc1ccc(C(=O)N(CCCN)[C@H](c2nc3snc(C)c3c(=O)n2Cc2ccc(F)cc2)C(C)C)cc1. The number of amides is 1. The van der Waals surface area contributed by atoms with Crippen LogP contribution in [-0.4, -0.2) is 37.8 Å². The van der Waals surface area contributed by atoms with Crippen LogP contribution >= 0.6 is 11.5 Å². The summed E-state index contributed by atoms with van der Waals surface area (Å²) in [7, 11) is 0. The van der Waals surface area contributed by atoms with Crippen LogP contribution in [0.25, 0.3) is 10.2 Å². The number of carbonyl (C=O) groups is 1. The summed E-state index contributed by atoms with van der Waals surface area (Å²) in [6, 6.07) is 13.0. The molecule has 1 atom stereocenters. The highest BCUT2D eigenvalue weighted by Crippen LogP contribution is 2.31. The Kier molecular flexibility index (Phi) is 8.14. The Morgan fingerprint density at radius 3 is 2.41 bits per heavy atom. The van der Waals surface area contributed by atoms with E-state index in [0.717, 1.165) is 11.1 Å². The van der Waals surface area contributed by atoms with E-state index in [1.807, 2.05) is 45.0 Å². The Bertz CT molecular complexity index is 1440. The van der Waals surface area contributed by atoms with Gasteiger partial charge < -0.3 is 10.6 Å². The van der Waals surface area contributed by atoms with E-state index in [0.29, 0.717) is 46.8 Å². The summed E-state index contributed by atoms with van der Waals surface area (Å²) in [6.45, 7) is 8.82. The first-order chi connectivity index (χ1) is 17.7. The molecule has 0 saturated heterocycles. The van der Waals surface area contributed by atoms with Crippen LogP contribution < -0.4 is 11.3 Å². The molecular formula is C28H32FN5O2S. The smallest absolute Gasteiger partial charge is 0.264 e. The molecule has 0 bridgehead atoms. The van der Waals surface area contributed by atoms with Gasteiger partial charge in [-0.1, -0.05) is 43.7 Å². The van der Waals surface area contributed by atoms with Crippen molar-refractivity contribution in [2.45, 2.75) is 46.7 Å². The molecule has 0 unspecified atom stereocenters. The van der Waals surface area contributed by atoms with Crippen molar-refractivity contribution < 1.29 is 9.18 Å². The molecule has 194 valence electrons. The quantitative estimate of drug-likeness (QED) is 0.340. The standard InChI is InChI=1S/C28H32FN5O2S/c1-17(2)24(33(15-5-14-30)27(35)21-10-6-18(3)7-11-21)25-31-26-23(19(4)32-37-26)28(36)34(25)16-20-8-12-22(29)13-9-20/h6-13,17,24H,5,14-16,30H2,1-4H3/t24-/m0/s1. The van der Waals surface area contributed by atoms with Crippen LogP contribution in [0.2, 0.25) is 0 Å². The summed E-state index contributed by atoms with van der Waals surface area (Å²) in [5.74, 6) is -0.0715. The second kappa shape index (κ2) is 11.3. The van der Waals surface area contributed by atoms with Crippen LogP contribution in [0.1, 0.15) is 59.3 Å². The maximum absolute atomic E-state index is 13.9. The molecule has 4 aromatic rings. The number of rotatable bonds is 9. The lowest BCUT2D eigenvalue weighted by Gasteiger charge is -2.35. The van der Waals surface area contributed by atoms with Crippen molar-refractivity contribution in [1.82, 2.24) is 18.8 Å². The number of nitrogens with two attached hydrogens (primary N) is 1. The fourth-order valence-electron chi connectivity index (χ4n) is 4.52. The maximum Gasteiger partial charge on any atom is 0.264 e. The lowest BCUT2D eigenvalue weighted by atomic mass is 9.98. The predicted octanol–water partition coefficient (Wildman–Crippen LogP) is 4.85. The van der Waals surface area contributed by atoms with Crippen molar-refractivity contribution in [3.05, 3.63) is 92.9 Å². The fourth-order valence-corrected chi connectivity index (χ4v) is 5.30. The summed E-state index contributed by atoms with van der Waals surface area (Å²) in [4.78, 5) is 35.0. The van der Waals surface area contributed by atoms with Crippen molar-refractivity contribution in [2.75, 3.05) is 13.1 Å². The van der Waals surface area contributed by atoms with E-state index >= 15 is 0 Å². The number of halogens is 1. The van der Waals surface area contributed by atoms with Crippen LogP contribution in [0.3, 0.4) is 0 Å². The zero-order valence-electron chi connectivity index (χ0n) is 21.6. The molecule has 1 amide bonds. The number of fused-ring (bicyclic) bond motifs is 1. The Morgan fingerprint density at radius 1 is 1.11 bits per heavy atom. The van der Waals surface area contributed by atoms with Gasteiger partial charge in [0.15, 0.2) is 4.83 Å². The molecule has 37 heavy (non-hydrogen) atoms. The Hall–Kier alpha value is -3.43. The number of hydrogen-bond acceptors (Lipinski definition) is 6. The molecule has 0 aliphatic carbocycles. The second-order valence-corrected chi connectivity index (χ2v) is 10.4. The molecular weight excluding hydrogens is 489 g/mol. The molecule has 7 nitrogen and oxygen atoms in total. The van der Waals surface area contributed by atoms with Gasteiger partial charge in [-0.25, -0.2) is 9.37 Å². The van der Waals surface area contributed by atoms with E-state index in [1.165, 1.54) is 23.7 Å². The van der Waals surface area contributed by atoms with Crippen molar-refractivity contribution >= 4 is 27.7 Å². The molecule has 2 aromatic carbocycles. The normalized spacial score (nSPS) is 12.3. The minimum Gasteiger partial charge on any atom is -0.330 e. The van der Waals surface area contributed by atoms with Crippen molar-refractivity contribution in [2.24, 2.45) is 11.7 Å². The molecule has 2 aromatic heterocycles. The van der Waals surface area contributed by atoms with Gasteiger partial charge in [-0.3, -0.25) is 14.2 Å². The zero-order chi connectivity index (χ0) is 26.7. The average Bonchev–Trinajstić information content (AvgIpc) is 3.25. The summed E-state index contributed by atoms with van der Waals surface area (Å²) >= 11 is 1.18. The molecule has 0 fully saturated rings. The zero-order valence-corrected chi connectivity index (χ0v) is 22.4. The molecule has 9 heteroatoms. The average molecular weight is 522 g/mol. The summed E-state index contributed by atoms with van der Waals surface area (Å²) < 4.78 is 19.6. The second-order valence-electron chi connectivity index (χ2n) is 9.63. The van der Waals surface area contributed by atoms with Gasteiger partial charge in [0.2, 0.25) is 0 Å². The summed E-state index contributed by atoms with van der Waals surface area (Å²) in [6.07, 6.45) is 0.602. The third-order valence-electron chi connectivity index (χ3n) is 6.44. The van der Waals surface area contributed by atoms with Crippen molar-refractivity contribution in [3.8, 4) is 0 Å². The lowest BCUT2D eigenvalue weighted by Crippen LogP contribution is -2.42. The molecule has 0 aliphatic heterocycles. The minimum atomic E-state index is -0.500. The highest BCUT2D eigenvalue weighted by molar-refractivity contribution is 7.12. The molecule has 2 heterocycles. The van der Waals surface area contributed by atoms with E-state index in [1.54, 1.807) is 28.5 Å². The number of aryl methyl sites for hydroxylation is 2. The Labute approximate surface area is 219 Å². The first-order valence-electron chi connectivity index (χ1n) is 12.4. The van der Waals surface area contributed by atoms with Gasteiger partial charge in [-0.15, -0.1) is 0 Å². The summed E-state index contributed by atoms with van der Waals surface area (Å²) in [5, 5.41) is 0.469. The highest BCUT2D eigenvalue weighted by Gasteiger charge is 2.33. The molecule has 0 aliphatic rings. The van der Waals surface area contributed by atoms with Gasteiger partial charge in [0, 0.05) is 12.1 Å². The van der Waals surface area contributed by atoms with Gasteiger partial charge in [-0.05, 0) is 74.1 Å². The third-order valence-corrected chi connectivity index (χ3v) is 7.28. The first-order valence-corrected chi connectivity index (χ1v) is 13.2. The molecule has 2 N–H and O–H groups in total. The van der Waals surface area contributed by atoms with Gasteiger partial charge in [0.05, 0.1) is 23.7 Å². The van der Waals surface area contributed by atoms with E-state index < -0.39 is 6.04 Å². The lowest BCUT2D eigenvalue weighted by molar-refractivity contribution is 0.0603. The Balaban J connectivity index is 1.90. The van der Waals surface area contributed by atoms with Crippen molar-refractivity contribution in [1.29, 1.82) is 0 Å². The van der Waals surface area contributed by atoms with Crippen LogP contribution in [0.4, 0.5) is 4.39 Å². The first kappa shape index (κ1) is 26.6. The van der Waals surface area contributed by atoms with Crippen molar-refractivity contribution in [3.63, 3.8) is 0 Å². The van der Waals surface area contributed by atoms with E-state index in [-0.39, 0.29) is 29.7 Å². The number of hydrogen-bond donors (Lipinski definition) is 1. The maximum atomic E-state index is 13.9. The number of benzene rings is 2. The fraction of sp³-hybridized carbons (Fsp3) is 0.357. The monoisotopic (exact) mass is 521 g/mol.